The second-order valence-electron chi connectivity index (χ2n) is 3.74. The summed E-state index contributed by atoms with van der Waals surface area (Å²) in [7, 11) is -3.69. The van der Waals surface area contributed by atoms with E-state index in [2.05, 4.69) is 15.5 Å². The molecule has 1 amide bonds. The van der Waals surface area contributed by atoms with E-state index >= 15 is 0 Å². The number of nitrogens with two attached hydrogens (primary N) is 1. The van der Waals surface area contributed by atoms with Crippen molar-refractivity contribution in [3.05, 3.63) is 24.3 Å². The van der Waals surface area contributed by atoms with E-state index in [0.29, 0.717) is 12.2 Å². The van der Waals surface area contributed by atoms with Crippen molar-refractivity contribution >= 4 is 21.6 Å². The van der Waals surface area contributed by atoms with E-state index in [9.17, 15) is 13.2 Å². The lowest BCUT2D eigenvalue weighted by Gasteiger charge is -2.10. The number of para-hydroxylation sites is 1. The van der Waals surface area contributed by atoms with Gasteiger partial charge in [-0.25, -0.2) is 13.1 Å². The van der Waals surface area contributed by atoms with Crippen LogP contribution in [0.3, 0.4) is 0 Å². The molecule has 0 aliphatic rings. The van der Waals surface area contributed by atoms with Gasteiger partial charge in [-0.1, -0.05) is 12.1 Å². The van der Waals surface area contributed by atoms with E-state index in [4.69, 9.17) is 5.84 Å². The van der Waals surface area contributed by atoms with Crippen molar-refractivity contribution in [3.8, 4) is 0 Å². The van der Waals surface area contributed by atoms with Crippen LogP contribution >= 0.6 is 0 Å². The van der Waals surface area contributed by atoms with Crippen LogP contribution in [0.5, 0.6) is 0 Å². The summed E-state index contributed by atoms with van der Waals surface area (Å²) in [5, 5.41) is 2.59. The number of carbonyl (C=O) groups excluding carboxylic acids is 1. The lowest BCUT2D eigenvalue weighted by Crippen LogP contribution is -2.31. The summed E-state index contributed by atoms with van der Waals surface area (Å²) in [5.41, 5.74) is 2.62. The molecule has 0 saturated heterocycles. The number of amides is 1. The Hall–Kier alpha value is -1.64. The van der Waals surface area contributed by atoms with Crippen LogP contribution in [0, 0.1) is 0 Å². The first-order chi connectivity index (χ1) is 9.01. The zero-order valence-electron chi connectivity index (χ0n) is 10.6. The van der Waals surface area contributed by atoms with E-state index < -0.39 is 10.0 Å². The van der Waals surface area contributed by atoms with Gasteiger partial charge in [0.15, 0.2) is 0 Å². The Morgan fingerprint density at radius 2 is 2.00 bits per heavy atom. The van der Waals surface area contributed by atoms with Crippen LogP contribution < -0.4 is 21.3 Å². The number of nitrogens with one attached hydrogen (secondary N) is 3. The van der Waals surface area contributed by atoms with Crippen molar-refractivity contribution in [2.45, 2.75) is 18.2 Å². The highest BCUT2D eigenvalue weighted by Crippen LogP contribution is 2.19. The minimum Gasteiger partial charge on any atom is -0.356 e. The number of sulfonamides is 1. The number of hydrazine groups is 1. The first kappa shape index (κ1) is 15.4. The number of rotatable bonds is 7. The molecule has 106 valence electrons. The van der Waals surface area contributed by atoms with Gasteiger partial charge in [-0.3, -0.25) is 10.6 Å². The molecule has 1 aromatic rings. The fourth-order valence-corrected chi connectivity index (χ4v) is 2.68. The monoisotopic (exact) mass is 286 g/mol. The van der Waals surface area contributed by atoms with E-state index in [1.54, 1.807) is 25.1 Å². The molecule has 0 heterocycles. The first-order valence-electron chi connectivity index (χ1n) is 5.83. The van der Waals surface area contributed by atoms with Crippen LogP contribution in [0.25, 0.3) is 0 Å². The Morgan fingerprint density at radius 3 is 2.63 bits per heavy atom. The summed E-state index contributed by atoms with van der Waals surface area (Å²) >= 11 is 0. The summed E-state index contributed by atoms with van der Waals surface area (Å²) in [6.07, 6.45) is 0.0886. The number of hydrogen-bond acceptors (Lipinski definition) is 5. The molecule has 7 nitrogen and oxygen atoms in total. The molecule has 0 aliphatic carbocycles. The summed E-state index contributed by atoms with van der Waals surface area (Å²) in [6, 6.07) is 6.25. The molecule has 5 N–H and O–H groups in total. The van der Waals surface area contributed by atoms with Crippen molar-refractivity contribution in [1.29, 1.82) is 0 Å². The summed E-state index contributed by atoms with van der Waals surface area (Å²) in [4.78, 5) is 11.3. The van der Waals surface area contributed by atoms with Gasteiger partial charge in [0.2, 0.25) is 15.9 Å². The Labute approximate surface area is 112 Å². The lowest BCUT2D eigenvalue weighted by atomic mass is 10.3. The first-order valence-corrected chi connectivity index (χ1v) is 7.31. The molecule has 0 saturated carbocycles. The molecule has 0 aromatic heterocycles. The second-order valence-corrected chi connectivity index (χ2v) is 5.48. The van der Waals surface area contributed by atoms with Gasteiger partial charge in [-0.05, 0) is 19.1 Å². The van der Waals surface area contributed by atoms with Gasteiger partial charge in [0.25, 0.3) is 0 Å². The van der Waals surface area contributed by atoms with E-state index in [-0.39, 0.29) is 23.8 Å². The highest BCUT2D eigenvalue weighted by Gasteiger charge is 2.17. The largest absolute Gasteiger partial charge is 0.356 e. The van der Waals surface area contributed by atoms with E-state index in [1.807, 2.05) is 0 Å². The number of anilines is 1. The molecule has 0 atom stereocenters. The van der Waals surface area contributed by atoms with Gasteiger partial charge in [0.05, 0.1) is 5.69 Å². The van der Waals surface area contributed by atoms with Gasteiger partial charge in [0, 0.05) is 19.5 Å². The minimum atomic E-state index is -3.69. The standard InChI is InChI=1S/C11H18N4O3S/c1-2-13-11(16)7-8-14-19(17,18)10-6-4-3-5-9(10)15-12/h3-6,14-15H,2,7-8,12H2,1H3,(H,13,16). The van der Waals surface area contributed by atoms with Crippen LogP contribution in [0.15, 0.2) is 29.2 Å². The SMILES string of the molecule is CCNC(=O)CCNS(=O)(=O)c1ccccc1NN. The van der Waals surface area contributed by atoms with Crippen LogP contribution in [-0.4, -0.2) is 27.4 Å². The summed E-state index contributed by atoms with van der Waals surface area (Å²) in [6.45, 7) is 2.35. The fraction of sp³-hybridized carbons (Fsp3) is 0.364. The Morgan fingerprint density at radius 1 is 1.32 bits per heavy atom. The highest BCUT2D eigenvalue weighted by atomic mass is 32.2. The molecule has 0 fully saturated rings. The van der Waals surface area contributed by atoms with Crippen LogP contribution in [0.2, 0.25) is 0 Å². The van der Waals surface area contributed by atoms with Crippen molar-refractivity contribution in [3.63, 3.8) is 0 Å². The average Bonchev–Trinajstić information content (AvgIpc) is 2.38. The molecule has 0 unspecified atom stereocenters. The second kappa shape index (κ2) is 7.07. The van der Waals surface area contributed by atoms with Crippen LogP contribution in [0.1, 0.15) is 13.3 Å². The Balaban J connectivity index is 2.68. The van der Waals surface area contributed by atoms with E-state index in [0.717, 1.165) is 0 Å². The highest BCUT2D eigenvalue weighted by molar-refractivity contribution is 7.89. The number of nitrogen functional groups attached to an aromatic ring is 1. The molecular weight excluding hydrogens is 268 g/mol. The zero-order chi connectivity index (χ0) is 14.3. The lowest BCUT2D eigenvalue weighted by molar-refractivity contribution is -0.120. The van der Waals surface area contributed by atoms with Gasteiger partial charge in [0.1, 0.15) is 4.90 Å². The Kier molecular flexibility index (Phi) is 5.74. The average molecular weight is 286 g/mol. The zero-order valence-corrected chi connectivity index (χ0v) is 11.5. The maximum Gasteiger partial charge on any atom is 0.242 e. The minimum absolute atomic E-state index is 0.0348. The third-order valence-corrected chi connectivity index (χ3v) is 3.87. The fourth-order valence-electron chi connectivity index (χ4n) is 1.48. The van der Waals surface area contributed by atoms with Crippen molar-refractivity contribution in [2.75, 3.05) is 18.5 Å². The van der Waals surface area contributed by atoms with Crippen molar-refractivity contribution in [2.24, 2.45) is 5.84 Å². The smallest absolute Gasteiger partial charge is 0.242 e. The number of benzene rings is 1. The van der Waals surface area contributed by atoms with Gasteiger partial charge in [-0.15, -0.1) is 0 Å². The molecule has 19 heavy (non-hydrogen) atoms. The van der Waals surface area contributed by atoms with Crippen LogP contribution in [-0.2, 0) is 14.8 Å². The quantitative estimate of drug-likeness (QED) is 0.409. The molecule has 1 rings (SSSR count). The molecule has 8 heteroatoms. The molecule has 1 aromatic carbocycles. The van der Waals surface area contributed by atoms with Gasteiger partial charge >= 0.3 is 0 Å². The Bertz CT molecular complexity index is 530. The topological polar surface area (TPSA) is 113 Å². The third-order valence-electron chi connectivity index (χ3n) is 2.35. The molecule has 0 bridgehead atoms. The predicted molar refractivity (Wildman–Crippen MR) is 72.7 cm³/mol. The molecule has 0 aliphatic heterocycles. The molecule has 0 radical (unpaired) electrons. The van der Waals surface area contributed by atoms with Crippen molar-refractivity contribution < 1.29 is 13.2 Å². The number of hydrogen-bond donors (Lipinski definition) is 4. The van der Waals surface area contributed by atoms with Crippen molar-refractivity contribution in [1.82, 2.24) is 10.0 Å². The third kappa shape index (κ3) is 4.51. The normalized spacial score (nSPS) is 11.1. The van der Waals surface area contributed by atoms with Gasteiger partial charge < -0.3 is 10.7 Å². The number of carbonyl (C=O) groups is 1. The van der Waals surface area contributed by atoms with Gasteiger partial charge in [-0.2, -0.15) is 0 Å². The molecular formula is C11H18N4O3S. The maximum atomic E-state index is 12.0. The summed E-state index contributed by atoms with van der Waals surface area (Å²) < 4.78 is 26.4. The van der Waals surface area contributed by atoms with E-state index in [1.165, 1.54) is 6.07 Å². The maximum absolute atomic E-state index is 12.0. The summed E-state index contributed by atoms with van der Waals surface area (Å²) in [5.74, 6) is 5.06. The predicted octanol–water partition coefficient (Wildman–Crippen LogP) is -0.223. The van der Waals surface area contributed by atoms with Crippen LogP contribution in [0.4, 0.5) is 5.69 Å². The molecule has 0 spiro atoms.